The van der Waals surface area contributed by atoms with Crippen LogP contribution in [0.4, 0.5) is 10.5 Å². The molecule has 6 heteroatoms. The summed E-state index contributed by atoms with van der Waals surface area (Å²) in [5.41, 5.74) is 2.73. The fourth-order valence-electron chi connectivity index (χ4n) is 2.61. The predicted octanol–water partition coefficient (Wildman–Crippen LogP) is 4.07. The Hall–Kier alpha value is -2.30. The van der Waals surface area contributed by atoms with Gasteiger partial charge in [0.15, 0.2) is 0 Å². The number of aliphatic imine (C=N–C) groups is 1. The molecule has 1 atom stereocenters. The van der Waals surface area contributed by atoms with E-state index in [4.69, 9.17) is 4.74 Å². The van der Waals surface area contributed by atoms with Crippen LogP contribution in [0, 0.1) is 6.92 Å². The molecule has 2 rings (SSSR count). The molecule has 0 spiro atoms. The fourth-order valence-corrected chi connectivity index (χ4v) is 3.02. The molecule has 28 heavy (non-hydrogen) atoms. The summed E-state index contributed by atoms with van der Waals surface area (Å²) < 4.78 is 6.08. The Morgan fingerprint density at radius 2 is 1.86 bits per heavy atom. The van der Waals surface area contributed by atoms with Gasteiger partial charge in [-0.1, -0.05) is 0 Å². The normalized spacial score (nSPS) is 12.9. The van der Waals surface area contributed by atoms with Gasteiger partial charge in [-0.25, -0.2) is 0 Å². The monoisotopic (exact) mass is 446 g/mol. The fraction of sp³-hybridized carbons (Fsp3) is 0.364. The van der Waals surface area contributed by atoms with E-state index < -0.39 is 11.7 Å². The average molecular weight is 445 g/mol. The molecule has 0 saturated carbocycles. The van der Waals surface area contributed by atoms with Gasteiger partial charge in [-0.15, -0.1) is 0 Å². The number of carbonyl (C=O) groups excluding carboxylic acids is 1. The standard InChI is InChI=1S/C22H28N3O2Se/c1-16-9-8-12-18(13-16)24-20(28)23-15-19(14-17-10-6-5-7-11-17)25-21(26)27-22(2,3)4/h5-13,19H,14-15H2,1-4H3,(H,23,24)(H,25,26)/t19-/m0/s1. The summed E-state index contributed by atoms with van der Waals surface area (Å²) in [7, 11) is 0. The first-order chi connectivity index (χ1) is 13.2. The van der Waals surface area contributed by atoms with Crippen LogP contribution in [0.2, 0.25) is 0 Å². The van der Waals surface area contributed by atoms with Crippen molar-refractivity contribution in [3.63, 3.8) is 0 Å². The minimum absolute atomic E-state index is 0.181. The number of hydrogen-bond donors (Lipinski definition) is 2. The Morgan fingerprint density at radius 3 is 2.50 bits per heavy atom. The third kappa shape index (κ3) is 8.59. The maximum atomic E-state index is 12.2. The van der Waals surface area contributed by atoms with Gasteiger partial charge in [0.1, 0.15) is 0 Å². The van der Waals surface area contributed by atoms with Gasteiger partial charge < -0.3 is 0 Å². The molecule has 2 aromatic rings. The van der Waals surface area contributed by atoms with Crippen LogP contribution in [-0.4, -0.2) is 45.0 Å². The quantitative estimate of drug-likeness (QED) is 0.400. The maximum absolute atomic E-state index is 12.2. The molecular formula is C22H28N3O2Se. The molecule has 0 heterocycles. The van der Waals surface area contributed by atoms with Crippen molar-refractivity contribution in [2.24, 2.45) is 4.99 Å². The zero-order valence-corrected chi connectivity index (χ0v) is 18.6. The van der Waals surface area contributed by atoms with E-state index in [2.05, 4.69) is 31.6 Å². The van der Waals surface area contributed by atoms with Crippen LogP contribution in [0.3, 0.4) is 0 Å². The summed E-state index contributed by atoms with van der Waals surface area (Å²) in [6.07, 6.45) is 0.235. The number of carbonyl (C=O) groups is 1. The van der Waals surface area contributed by atoms with E-state index in [0.29, 0.717) is 17.7 Å². The molecule has 1 amide bonds. The van der Waals surface area contributed by atoms with E-state index >= 15 is 0 Å². The molecule has 0 bridgehead atoms. The number of nitrogens with one attached hydrogen (secondary N) is 2. The van der Waals surface area contributed by atoms with Crippen molar-refractivity contribution in [1.82, 2.24) is 5.32 Å². The van der Waals surface area contributed by atoms with E-state index in [1.165, 1.54) is 5.56 Å². The number of hydrogen-bond acceptors (Lipinski definition) is 3. The number of ether oxygens (including phenoxy) is 1. The van der Waals surface area contributed by atoms with Crippen LogP contribution in [0.1, 0.15) is 31.9 Å². The molecule has 5 nitrogen and oxygen atoms in total. The van der Waals surface area contributed by atoms with E-state index in [0.717, 1.165) is 11.3 Å². The summed E-state index contributed by atoms with van der Waals surface area (Å²) in [6, 6.07) is 17.9. The summed E-state index contributed by atoms with van der Waals surface area (Å²) in [4.78, 5) is 16.8. The molecule has 0 aromatic heterocycles. The van der Waals surface area contributed by atoms with Gasteiger partial charge in [-0.05, 0) is 0 Å². The molecule has 1 radical (unpaired) electrons. The zero-order valence-electron chi connectivity index (χ0n) is 16.9. The molecule has 0 fully saturated rings. The van der Waals surface area contributed by atoms with E-state index in [1.807, 2.05) is 82.3 Å². The molecule has 2 aromatic carbocycles. The Morgan fingerprint density at radius 1 is 1.14 bits per heavy atom. The van der Waals surface area contributed by atoms with Gasteiger partial charge in [-0.2, -0.15) is 0 Å². The number of alkyl carbamates (subject to hydrolysis) is 1. The summed E-state index contributed by atoms with van der Waals surface area (Å²) >= 11 is 2.95. The van der Waals surface area contributed by atoms with Gasteiger partial charge in [-0.3, -0.25) is 0 Å². The molecular weight excluding hydrogens is 417 g/mol. The number of nitrogens with zero attached hydrogens (tertiary/aromatic N) is 1. The molecule has 2 N–H and O–H groups in total. The van der Waals surface area contributed by atoms with Crippen molar-refractivity contribution in [1.29, 1.82) is 0 Å². The molecule has 0 unspecified atom stereocenters. The van der Waals surface area contributed by atoms with Crippen molar-refractivity contribution in [2.45, 2.75) is 45.8 Å². The Kier molecular flexibility index (Phi) is 8.09. The Labute approximate surface area is 175 Å². The van der Waals surface area contributed by atoms with Gasteiger partial charge in [0, 0.05) is 0 Å². The van der Waals surface area contributed by atoms with E-state index in [9.17, 15) is 4.79 Å². The van der Waals surface area contributed by atoms with Crippen LogP contribution in [-0.2, 0) is 11.2 Å². The second-order valence-electron chi connectivity index (χ2n) is 7.67. The SMILES string of the molecule is Cc1cccc(NC([Se])=NC[C@H](Cc2ccccc2)NC(=O)OC(C)(C)C)c1. The second-order valence-corrected chi connectivity index (χ2v) is 8.48. The minimum atomic E-state index is -0.541. The second kappa shape index (κ2) is 10.3. The van der Waals surface area contributed by atoms with E-state index in [-0.39, 0.29) is 6.04 Å². The van der Waals surface area contributed by atoms with Crippen LogP contribution in [0.5, 0.6) is 0 Å². The zero-order chi connectivity index (χ0) is 20.6. The number of benzene rings is 2. The first-order valence-electron chi connectivity index (χ1n) is 9.30. The molecule has 0 aliphatic heterocycles. The van der Waals surface area contributed by atoms with Crippen molar-refractivity contribution in [2.75, 3.05) is 11.9 Å². The van der Waals surface area contributed by atoms with Gasteiger partial charge in [0.05, 0.1) is 0 Å². The number of aryl methyl sites for hydroxylation is 1. The first-order valence-corrected chi connectivity index (χ1v) is 10.2. The average Bonchev–Trinajstić information content (AvgIpc) is 2.59. The Balaban J connectivity index is 2.04. The van der Waals surface area contributed by atoms with Gasteiger partial charge in [0.25, 0.3) is 0 Å². The van der Waals surface area contributed by atoms with Crippen molar-refractivity contribution in [3.05, 3.63) is 65.7 Å². The third-order valence-electron chi connectivity index (χ3n) is 3.77. The van der Waals surface area contributed by atoms with Crippen molar-refractivity contribution < 1.29 is 9.53 Å². The van der Waals surface area contributed by atoms with Gasteiger partial charge in [0.2, 0.25) is 0 Å². The van der Waals surface area contributed by atoms with Crippen molar-refractivity contribution >= 4 is 32.5 Å². The Bertz CT molecular complexity index is 801. The predicted molar refractivity (Wildman–Crippen MR) is 116 cm³/mol. The number of anilines is 1. The van der Waals surface area contributed by atoms with Crippen LogP contribution >= 0.6 is 0 Å². The molecule has 0 aliphatic rings. The third-order valence-corrected chi connectivity index (χ3v) is 4.26. The van der Waals surface area contributed by atoms with Crippen molar-refractivity contribution in [3.8, 4) is 0 Å². The van der Waals surface area contributed by atoms with Gasteiger partial charge >= 0.3 is 176 Å². The summed E-state index contributed by atoms with van der Waals surface area (Å²) in [6.45, 7) is 8.02. The summed E-state index contributed by atoms with van der Waals surface area (Å²) in [5, 5.41) is 6.18. The van der Waals surface area contributed by atoms with Crippen LogP contribution in [0.15, 0.2) is 59.6 Å². The topological polar surface area (TPSA) is 62.7 Å². The molecule has 0 saturated heterocycles. The molecule has 149 valence electrons. The summed E-state index contributed by atoms with van der Waals surface area (Å²) in [5.74, 6) is 0. The first kappa shape index (κ1) is 22.0. The number of amidine groups is 1. The number of amides is 1. The number of rotatable bonds is 6. The van der Waals surface area contributed by atoms with Crippen LogP contribution < -0.4 is 10.6 Å². The van der Waals surface area contributed by atoms with Crippen LogP contribution in [0.25, 0.3) is 0 Å². The van der Waals surface area contributed by atoms with E-state index in [1.54, 1.807) is 0 Å². The molecule has 0 aliphatic carbocycles.